The van der Waals surface area contributed by atoms with E-state index in [2.05, 4.69) is 39.0 Å². The topological polar surface area (TPSA) is 71.6 Å². The molecule has 160 valence electrons. The molecule has 31 heavy (non-hydrogen) atoms. The molecular weight excluding hydrogens is 404 g/mol. The van der Waals surface area contributed by atoms with Crippen molar-refractivity contribution in [3.8, 4) is 17.3 Å². The highest BCUT2D eigenvalue weighted by atomic mass is 32.2. The minimum atomic E-state index is -0.205. The van der Waals surface area contributed by atoms with Gasteiger partial charge in [0.05, 0.1) is 11.4 Å². The lowest BCUT2D eigenvalue weighted by molar-refractivity contribution is -0.0312. The second-order valence-electron chi connectivity index (χ2n) is 11.0. The van der Waals surface area contributed by atoms with Gasteiger partial charge in [0, 0.05) is 34.4 Å². The van der Waals surface area contributed by atoms with Crippen molar-refractivity contribution < 1.29 is 0 Å². The molecule has 0 saturated heterocycles. The van der Waals surface area contributed by atoms with Crippen LogP contribution in [0.3, 0.4) is 0 Å². The van der Waals surface area contributed by atoms with Crippen molar-refractivity contribution >= 4 is 11.8 Å². The van der Waals surface area contributed by atoms with E-state index in [0.717, 1.165) is 40.9 Å². The average molecular weight is 433 g/mol. The first-order valence-electron chi connectivity index (χ1n) is 11.5. The lowest BCUT2D eigenvalue weighted by Crippen LogP contribution is -2.56. The van der Waals surface area contributed by atoms with Gasteiger partial charge in [0.25, 0.3) is 5.56 Å². The number of thioether (sulfide) groups is 1. The Balaban J connectivity index is 1.54. The number of nitriles is 1. The fraction of sp³-hybridized carbons (Fsp3) is 0.600. The highest BCUT2D eigenvalue weighted by Crippen LogP contribution is 2.65. The monoisotopic (exact) mass is 432 g/mol. The summed E-state index contributed by atoms with van der Waals surface area (Å²) in [6, 6.07) is 6.45. The second kappa shape index (κ2) is 6.45. The maximum absolute atomic E-state index is 13.2. The third-order valence-corrected chi connectivity index (χ3v) is 9.44. The highest BCUT2D eigenvalue weighted by Gasteiger charge is 2.58. The standard InChI is InChI=1S/C25H28N4OS/c1-14-6-24(3,7-14)21-17(4-5-19(27-21)25-8-16(9-25)10-25)20-18(11-26)22(30)29-12-15(2)13-31-23(29)28-20/h4-5,14-16H,6-10,12-13H2,1-3H3. The predicted molar refractivity (Wildman–Crippen MR) is 121 cm³/mol. The molecule has 2 aromatic heterocycles. The summed E-state index contributed by atoms with van der Waals surface area (Å²) >= 11 is 1.62. The quantitative estimate of drug-likeness (QED) is 0.660. The molecular formula is C25H28N4OS. The average Bonchev–Trinajstić information content (AvgIpc) is 2.65. The number of rotatable bonds is 3. The van der Waals surface area contributed by atoms with Gasteiger partial charge in [-0.05, 0) is 62.0 Å². The number of nitrogens with zero attached hydrogens (tertiary/aromatic N) is 4. The van der Waals surface area contributed by atoms with Crippen LogP contribution in [0.5, 0.6) is 0 Å². The zero-order valence-corrected chi connectivity index (χ0v) is 19.3. The Kier molecular flexibility index (Phi) is 4.06. The van der Waals surface area contributed by atoms with E-state index in [-0.39, 0.29) is 22.0 Å². The van der Waals surface area contributed by atoms with Gasteiger partial charge < -0.3 is 0 Å². The first kappa shape index (κ1) is 19.5. The summed E-state index contributed by atoms with van der Waals surface area (Å²) < 4.78 is 1.69. The summed E-state index contributed by atoms with van der Waals surface area (Å²) in [5, 5.41) is 10.7. The second-order valence-corrected chi connectivity index (χ2v) is 12.0. The van der Waals surface area contributed by atoms with E-state index in [1.54, 1.807) is 16.3 Å². The maximum atomic E-state index is 13.2. The van der Waals surface area contributed by atoms with Crippen LogP contribution in [-0.4, -0.2) is 20.3 Å². The van der Waals surface area contributed by atoms with Crippen molar-refractivity contribution in [3.63, 3.8) is 0 Å². The number of hydrogen-bond acceptors (Lipinski definition) is 5. The summed E-state index contributed by atoms with van der Waals surface area (Å²) in [4.78, 5) is 23.4. The van der Waals surface area contributed by atoms with Crippen molar-refractivity contribution in [3.05, 3.63) is 39.4 Å². The molecule has 0 radical (unpaired) electrons. The molecule has 2 aromatic rings. The molecule has 3 heterocycles. The van der Waals surface area contributed by atoms with Crippen molar-refractivity contribution in [2.24, 2.45) is 17.8 Å². The van der Waals surface area contributed by atoms with Crippen LogP contribution in [0.15, 0.2) is 22.1 Å². The lowest BCUT2D eigenvalue weighted by Gasteiger charge is -2.61. The largest absolute Gasteiger partial charge is 0.286 e. The van der Waals surface area contributed by atoms with Crippen molar-refractivity contribution in [1.29, 1.82) is 5.26 Å². The van der Waals surface area contributed by atoms with Crippen molar-refractivity contribution in [2.45, 2.75) is 75.4 Å². The van der Waals surface area contributed by atoms with Crippen LogP contribution in [-0.2, 0) is 17.4 Å². The van der Waals surface area contributed by atoms with E-state index < -0.39 is 0 Å². The van der Waals surface area contributed by atoms with Crippen molar-refractivity contribution in [2.75, 3.05) is 5.75 Å². The molecule has 4 saturated carbocycles. The van der Waals surface area contributed by atoms with Crippen LogP contribution < -0.4 is 5.56 Å². The number of hydrogen-bond donors (Lipinski definition) is 0. The Bertz CT molecular complexity index is 1190. The molecule has 6 heteroatoms. The molecule has 5 nitrogen and oxygen atoms in total. The predicted octanol–water partition coefficient (Wildman–Crippen LogP) is 4.66. The van der Waals surface area contributed by atoms with Crippen LogP contribution in [0.1, 0.15) is 69.8 Å². The van der Waals surface area contributed by atoms with Crippen LogP contribution in [0.4, 0.5) is 0 Å². The molecule has 0 amide bonds. The zero-order valence-electron chi connectivity index (χ0n) is 18.4. The third-order valence-electron chi connectivity index (χ3n) is 8.14. The van der Waals surface area contributed by atoms with Crippen LogP contribution >= 0.6 is 11.8 Å². The van der Waals surface area contributed by atoms with Gasteiger partial charge in [0.1, 0.15) is 11.6 Å². The Morgan fingerprint density at radius 3 is 2.48 bits per heavy atom. The van der Waals surface area contributed by atoms with Gasteiger partial charge in [0.2, 0.25) is 0 Å². The third kappa shape index (κ3) is 2.72. The minimum Gasteiger partial charge on any atom is -0.286 e. The van der Waals surface area contributed by atoms with Gasteiger partial charge in [-0.3, -0.25) is 14.3 Å². The molecule has 1 unspecified atom stereocenters. The molecule has 0 spiro atoms. The maximum Gasteiger partial charge on any atom is 0.272 e. The molecule has 1 aliphatic heterocycles. The fourth-order valence-corrected chi connectivity index (χ4v) is 7.56. The molecule has 4 fully saturated rings. The molecule has 2 bridgehead atoms. The first-order chi connectivity index (χ1) is 14.8. The highest BCUT2D eigenvalue weighted by molar-refractivity contribution is 7.99. The zero-order chi connectivity index (χ0) is 21.5. The van der Waals surface area contributed by atoms with Crippen molar-refractivity contribution in [1.82, 2.24) is 14.5 Å². The summed E-state index contributed by atoms with van der Waals surface area (Å²) in [7, 11) is 0. The summed E-state index contributed by atoms with van der Waals surface area (Å²) in [5.74, 6) is 2.92. The summed E-state index contributed by atoms with van der Waals surface area (Å²) in [6.45, 7) is 7.34. The molecule has 4 aliphatic carbocycles. The van der Waals surface area contributed by atoms with E-state index >= 15 is 0 Å². The molecule has 0 N–H and O–H groups in total. The van der Waals surface area contributed by atoms with E-state index in [1.165, 1.54) is 25.0 Å². The van der Waals surface area contributed by atoms with E-state index in [0.29, 0.717) is 24.1 Å². The Hall–Kier alpha value is -2.13. The van der Waals surface area contributed by atoms with E-state index in [9.17, 15) is 10.1 Å². The van der Waals surface area contributed by atoms with E-state index in [1.807, 2.05) is 0 Å². The Morgan fingerprint density at radius 1 is 1.13 bits per heavy atom. The lowest BCUT2D eigenvalue weighted by atomic mass is 9.43. The van der Waals surface area contributed by atoms with Crippen LogP contribution in [0.2, 0.25) is 0 Å². The summed E-state index contributed by atoms with van der Waals surface area (Å²) in [5.41, 5.74) is 3.92. The van der Waals surface area contributed by atoms with Gasteiger partial charge in [-0.1, -0.05) is 32.5 Å². The fourth-order valence-electron chi connectivity index (χ4n) is 6.55. The molecule has 5 aliphatic rings. The summed E-state index contributed by atoms with van der Waals surface area (Å²) in [6.07, 6.45) is 5.97. The smallest absolute Gasteiger partial charge is 0.272 e. The SMILES string of the molecule is CC1CSc2nc(-c3ccc(C45CC(C4)C5)nc3C3(C)CC(C)C3)c(C#N)c(=O)n2C1. The number of fused-ring (bicyclic) bond motifs is 1. The molecule has 1 atom stereocenters. The van der Waals surface area contributed by atoms with Gasteiger partial charge in [-0.15, -0.1) is 0 Å². The Labute approximate surface area is 187 Å². The minimum absolute atomic E-state index is 0.0174. The number of pyridine rings is 1. The van der Waals surface area contributed by atoms with Gasteiger partial charge in [-0.2, -0.15) is 5.26 Å². The van der Waals surface area contributed by atoms with E-state index in [4.69, 9.17) is 9.97 Å². The molecule has 0 aromatic carbocycles. The van der Waals surface area contributed by atoms with Crippen LogP contribution in [0, 0.1) is 29.1 Å². The van der Waals surface area contributed by atoms with Gasteiger partial charge in [0.15, 0.2) is 5.16 Å². The van der Waals surface area contributed by atoms with Gasteiger partial charge in [-0.25, -0.2) is 4.98 Å². The van der Waals surface area contributed by atoms with Gasteiger partial charge >= 0.3 is 0 Å². The normalized spacial score (nSPS) is 35.2. The molecule has 7 rings (SSSR count). The van der Waals surface area contributed by atoms with Crippen LogP contribution in [0.25, 0.3) is 11.3 Å². The first-order valence-corrected chi connectivity index (χ1v) is 12.5. The Morgan fingerprint density at radius 2 is 1.87 bits per heavy atom. The number of aromatic nitrogens is 3.